The molecule has 0 saturated carbocycles. The van der Waals surface area contributed by atoms with Crippen LogP contribution in [-0.4, -0.2) is 78.2 Å². The van der Waals surface area contributed by atoms with Crippen molar-refractivity contribution in [3.05, 3.63) is 108 Å². The van der Waals surface area contributed by atoms with Gasteiger partial charge in [0, 0.05) is 40.6 Å². The number of hydrogen-bond donors (Lipinski definition) is 6. The Labute approximate surface area is 300 Å². The van der Waals surface area contributed by atoms with E-state index in [1.807, 2.05) is 85.1 Å². The van der Waals surface area contributed by atoms with Crippen molar-refractivity contribution in [1.29, 1.82) is 0 Å². The number of alkyl carbamates (subject to hydrolysis) is 1. The van der Waals surface area contributed by atoms with Gasteiger partial charge in [-0.3, -0.25) is 19.2 Å². The average molecular weight is 713 g/mol. The number of nitrogens with two attached hydrogens (primary N) is 1. The molecular formula is C38H44N6O8. The van der Waals surface area contributed by atoms with Gasteiger partial charge in [0.25, 0.3) is 0 Å². The summed E-state index contributed by atoms with van der Waals surface area (Å²) in [5, 5.41) is 9.59. The van der Waals surface area contributed by atoms with Crippen molar-refractivity contribution in [2.24, 2.45) is 5.73 Å². The third-order valence-corrected chi connectivity index (χ3v) is 7.80. The van der Waals surface area contributed by atoms with Crippen LogP contribution >= 0.6 is 0 Å². The lowest BCUT2D eigenvalue weighted by atomic mass is 10.0. The van der Waals surface area contributed by atoms with Crippen LogP contribution in [0, 0.1) is 0 Å². The fraction of sp³-hybridized carbons (Fsp3) is 0.289. The van der Waals surface area contributed by atoms with Crippen molar-refractivity contribution in [1.82, 2.24) is 25.9 Å². The minimum absolute atomic E-state index is 0.0803. The molecule has 0 aliphatic heterocycles. The largest absolute Gasteiger partial charge is 0.465 e. The summed E-state index contributed by atoms with van der Waals surface area (Å²) >= 11 is 0. The molecular weight excluding hydrogens is 668 g/mol. The first-order valence-corrected chi connectivity index (χ1v) is 16.9. The fourth-order valence-corrected chi connectivity index (χ4v) is 5.26. The number of benzene rings is 3. The number of ether oxygens (including phenoxy) is 3. The van der Waals surface area contributed by atoms with Crippen LogP contribution in [-0.2, 0) is 52.8 Å². The van der Waals surface area contributed by atoms with Crippen molar-refractivity contribution in [3.8, 4) is 0 Å². The second kappa shape index (κ2) is 19.9. The molecule has 3 aromatic carbocycles. The highest BCUT2D eigenvalue weighted by atomic mass is 16.5. The van der Waals surface area contributed by atoms with Crippen LogP contribution in [0.3, 0.4) is 0 Å². The summed E-state index contributed by atoms with van der Waals surface area (Å²) in [4.78, 5) is 66.0. The molecule has 0 bridgehead atoms. The van der Waals surface area contributed by atoms with E-state index >= 15 is 0 Å². The number of rotatable bonds is 15. The molecule has 52 heavy (non-hydrogen) atoms. The zero-order valence-corrected chi connectivity index (χ0v) is 29.1. The minimum atomic E-state index is -0.933. The topological polar surface area (TPSA) is 207 Å². The molecule has 3 amide bonds. The molecule has 2 atom stereocenters. The van der Waals surface area contributed by atoms with Crippen LogP contribution in [0.15, 0.2) is 91.3 Å². The minimum Gasteiger partial charge on any atom is -0.465 e. The summed E-state index contributed by atoms with van der Waals surface area (Å²) in [7, 11) is 0. The molecule has 2 heterocycles. The Bertz CT molecular complexity index is 1940. The number of esters is 2. The van der Waals surface area contributed by atoms with Gasteiger partial charge in [0.1, 0.15) is 25.7 Å². The molecule has 0 radical (unpaired) electrons. The fourth-order valence-electron chi connectivity index (χ4n) is 5.26. The molecule has 0 aliphatic rings. The molecule has 0 fully saturated rings. The van der Waals surface area contributed by atoms with Gasteiger partial charge in [0.2, 0.25) is 11.8 Å². The number of aromatic amines is 2. The number of nitrogens with one attached hydrogen (secondary N) is 5. The zero-order valence-electron chi connectivity index (χ0n) is 29.1. The molecule has 274 valence electrons. The predicted octanol–water partition coefficient (Wildman–Crippen LogP) is 3.40. The highest BCUT2D eigenvalue weighted by Crippen LogP contribution is 2.20. The average Bonchev–Trinajstić information content (AvgIpc) is 3.76. The standard InChI is InChI=1S/C23H25N3O5.C15H19N3O3/c1-2-30-21(27)14-25-22(28)20(12-17-13-24-19-11-7-6-10-18(17)19)26-23(29)31-15-16-8-4-3-5-9-16;1-2-21-14(19)9-18-15(20)12(16)7-10-8-17-13-6-4-3-5-11(10)13/h3-11,13,20,24H,2,12,14-15H2,1H3,(H,25,28)(H,26,29);3-6,8,12,17H,2,7,9,16H2,1H3,(H,18,20)/t20-;12-/m00/s1. The van der Waals surface area contributed by atoms with Crippen LogP contribution in [0.25, 0.3) is 21.8 Å². The number of para-hydroxylation sites is 2. The maximum Gasteiger partial charge on any atom is 0.408 e. The molecule has 0 saturated heterocycles. The van der Waals surface area contributed by atoms with E-state index in [9.17, 15) is 24.0 Å². The van der Waals surface area contributed by atoms with Crippen LogP contribution in [0.2, 0.25) is 0 Å². The van der Waals surface area contributed by atoms with Crippen molar-refractivity contribution >= 4 is 51.7 Å². The molecule has 0 unspecified atom stereocenters. The molecule has 2 aromatic heterocycles. The summed E-state index contributed by atoms with van der Waals surface area (Å²) < 4.78 is 14.8. The first-order chi connectivity index (χ1) is 25.2. The Balaban J connectivity index is 0.000000251. The van der Waals surface area contributed by atoms with Crippen molar-refractivity contribution in [2.45, 2.75) is 45.4 Å². The third kappa shape index (κ3) is 11.7. The normalized spacial score (nSPS) is 11.8. The molecule has 14 heteroatoms. The Morgan fingerprint density at radius 3 is 1.71 bits per heavy atom. The van der Waals surface area contributed by atoms with E-state index in [0.717, 1.165) is 38.5 Å². The Hall–Kier alpha value is -6.15. The highest BCUT2D eigenvalue weighted by molar-refractivity contribution is 5.90. The van der Waals surface area contributed by atoms with E-state index in [1.54, 1.807) is 20.0 Å². The van der Waals surface area contributed by atoms with Gasteiger partial charge in [-0.15, -0.1) is 0 Å². The van der Waals surface area contributed by atoms with Crippen LogP contribution in [0.5, 0.6) is 0 Å². The zero-order chi connectivity index (χ0) is 37.3. The van der Waals surface area contributed by atoms with E-state index in [0.29, 0.717) is 6.42 Å². The molecule has 5 aromatic rings. The predicted molar refractivity (Wildman–Crippen MR) is 195 cm³/mol. The van der Waals surface area contributed by atoms with E-state index in [-0.39, 0.29) is 45.2 Å². The number of aromatic nitrogens is 2. The third-order valence-electron chi connectivity index (χ3n) is 7.80. The maximum absolute atomic E-state index is 12.7. The van der Waals surface area contributed by atoms with Crippen LogP contribution in [0.4, 0.5) is 4.79 Å². The summed E-state index contributed by atoms with van der Waals surface area (Å²) in [6.07, 6.45) is 3.55. The van der Waals surface area contributed by atoms with E-state index in [4.69, 9.17) is 19.9 Å². The second-order valence-corrected chi connectivity index (χ2v) is 11.5. The number of hydrogen-bond acceptors (Lipinski definition) is 9. The molecule has 5 rings (SSSR count). The van der Waals surface area contributed by atoms with Gasteiger partial charge in [-0.25, -0.2) is 4.79 Å². The van der Waals surface area contributed by atoms with Crippen LogP contribution in [0.1, 0.15) is 30.5 Å². The quantitative estimate of drug-likeness (QED) is 0.0694. The highest BCUT2D eigenvalue weighted by Gasteiger charge is 2.24. The summed E-state index contributed by atoms with van der Waals surface area (Å²) in [6, 6.07) is 23.1. The summed E-state index contributed by atoms with van der Waals surface area (Å²) in [6.45, 7) is 3.54. The van der Waals surface area contributed by atoms with Crippen LogP contribution < -0.4 is 21.7 Å². The number of amides is 3. The molecule has 7 N–H and O–H groups in total. The van der Waals surface area contributed by atoms with Gasteiger partial charge in [0.15, 0.2) is 0 Å². The smallest absolute Gasteiger partial charge is 0.408 e. The first kappa shape index (κ1) is 38.6. The van der Waals surface area contributed by atoms with E-state index in [1.165, 1.54) is 0 Å². The van der Waals surface area contributed by atoms with Crippen molar-refractivity contribution in [3.63, 3.8) is 0 Å². The van der Waals surface area contributed by atoms with Crippen molar-refractivity contribution in [2.75, 3.05) is 26.3 Å². The summed E-state index contributed by atoms with van der Waals surface area (Å²) in [5.74, 6) is -1.89. The van der Waals surface area contributed by atoms with Gasteiger partial charge in [-0.2, -0.15) is 0 Å². The van der Waals surface area contributed by atoms with Gasteiger partial charge < -0.3 is 45.9 Å². The van der Waals surface area contributed by atoms with E-state index < -0.39 is 36.0 Å². The second-order valence-electron chi connectivity index (χ2n) is 11.5. The summed E-state index contributed by atoms with van der Waals surface area (Å²) in [5.41, 5.74) is 10.5. The number of fused-ring (bicyclic) bond motifs is 2. The Morgan fingerprint density at radius 1 is 0.654 bits per heavy atom. The Morgan fingerprint density at radius 2 is 1.15 bits per heavy atom. The monoisotopic (exact) mass is 712 g/mol. The molecule has 0 spiro atoms. The van der Waals surface area contributed by atoms with Gasteiger partial charge >= 0.3 is 18.0 Å². The van der Waals surface area contributed by atoms with Gasteiger partial charge in [-0.1, -0.05) is 66.7 Å². The molecule has 0 aliphatic carbocycles. The lowest BCUT2D eigenvalue weighted by Crippen LogP contribution is -2.49. The first-order valence-electron chi connectivity index (χ1n) is 16.9. The number of carbonyl (C=O) groups excluding carboxylic acids is 5. The maximum atomic E-state index is 12.7. The van der Waals surface area contributed by atoms with Gasteiger partial charge in [-0.05, 0) is 49.1 Å². The molecule has 14 nitrogen and oxygen atoms in total. The number of carbonyl (C=O) groups is 5. The lowest BCUT2D eigenvalue weighted by Gasteiger charge is -2.18. The van der Waals surface area contributed by atoms with Gasteiger partial charge in [0.05, 0.1) is 19.3 Å². The van der Waals surface area contributed by atoms with Crippen molar-refractivity contribution < 1.29 is 38.2 Å². The SMILES string of the molecule is CCOC(=O)CNC(=O)[C@@H](N)Cc1c[nH]c2ccccc12.CCOC(=O)CNC(=O)[C@H](Cc1c[nH]c2ccccc12)NC(=O)OCc1ccccc1. The lowest BCUT2D eigenvalue weighted by molar-refractivity contribution is -0.144. The van der Waals surface area contributed by atoms with E-state index in [2.05, 4.69) is 25.9 Å². The number of H-pyrrole nitrogens is 2. The Kier molecular flexibility index (Phi) is 14.8.